The first-order valence-electron chi connectivity index (χ1n) is 13.7. The smallest absolute Gasteiger partial charge is 0.325 e. The number of carbonyl (C=O) groups is 4. The summed E-state index contributed by atoms with van der Waals surface area (Å²) < 4.78 is 10.2. The number of piperazine rings is 1. The van der Waals surface area contributed by atoms with Crippen molar-refractivity contribution in [2.75, 3.05) is 53.0 Å². The molecule has 43 heavy (non-hydrogen) atoms. The average molecular weight is 638 g/mol. The fourth-order valence-corrected chi connectivity index (χ4v) is 5.19. The Labute approximate surface area is 259 Å². The van der Waals surface area contributed by atoms with Gasteiger partial charge in [-0.1, -0.05) is 41.4 Å². The third-order valence-corrected chi connectivity index (χ3v) is 7.57. The number of halogens is 2. The Hall–Kier alpha value is -3.74. The van der Waals surface area contributed by atoms with Crippen LogP contribution in [-0.2, 0) is 41.5 Å². The van der Waals surface area contributed by atoms with Crippen molar-refractivity contribution < 1.29 is 33.6 Å². The van der Waals surface area contributed by atoms with E-state index in [4.69, 9.17) is 32.7 Å². The summed E-state index contributed by atoms with van der Waals surface area (Å²) >= 11 is 12.3. The first-order valence-corrected chi connectivity index (χ1v) is 14.5. The van der Waals surface area contributed by atoms with E-state index in [0.717, 1.165) is 5.56 Å². The van der Waals surface area contributed by atoms with Gasteiger partial charge < -0.3 is 24.2 Å². The number of carbonyl (C=O) groups excluding carboxylic acids is 4. The fourth-order valence-electron chi connectivity index (χ4n) is 4.68. The number of nitro groups is 1. The highest BCUT2D eigenvalue weighted by atomic mass is 35.5. The van der Waals surface area contributed by atoms with Crippen molar-refractivity contribution in [3.05, 3.63) is 73.8 Å². The van der Waals surface area contributed by atoms with E-state index < -0.39 is 28.7 Å². The van der Waals surface area contributed by atoms with Gasteiger partial charge in [0.2, 0.25) is 17.7 Å². The molecule has 0 N–H and O–H groups in total. The average Bonchev–Trinajstić information content (AvgIpc) is 2.97. The molecule has 232 valence electrons. The van der Waals surface area contributed by atoms with Crippen LogP contribution in [0, 0.1) is 10.1 Å². The Kier molecular flexibility index (Phi) is 12.7. The van der Waals surface area contributed by atoms with Crippen LogP contribution in [0.4, 0.5) is 5.69 Å². The summed E-state index contributed by atoms with van der Waals surface area (Å²) in [5, 5.41) is 11.9. The van der Waals surface area contributed by atoms with Crippen LogP contribution in [0.15, 0.2) is 42.5 Å². The molecule has 0 saturated carbocycles. The number of benzene rings is 2. The van der Waals surface area contributed by atoms with Crippen molar-refractivity contribution in [2.45, 2.75) is 32.2 Å². The van der Waals surface area contributed by atoms with Crippen LogP contribution < -0.4 is 0 Å². The Bertz CT molecular complexity index is 1320. The molecule has 1 aliphatic rings. The largest absolute Gasteiger partial charge is 0.465 e. The van der Waals surface area contributed by atoms with E-state index in [1.165, 1.54) is 33.9 Å². The molecule has 0 aromatic heterocycles. The molecule has 2 aromatic carbocycles. The number of hydrogen-bond acceptors (Lipinski definition) is 8. The Morgan fingerprint density at radius 2 is 1.81 bits per heavy atom. The second-order valence-electron chi connectivity index (χ2n) is 9.84. The maximum atomic E-state index is 13.7. The molecule has 0 spiro atoms. The zero-order chi connectivity index (χ0) is 31.5. The zero-order valence-electron chi connectivity index (χ0n) is 24.0. The van der Waals surface area contributed by atoms with Crippen molar-refractivity contribution in [3.63, 3.8) is 0 Å². The van der Waals surface area contributed by atoms with Gasteiger partial charge in [0.25, 0.3) is 5.69 Å². The van der Waals surface area contributed by atoms with Gasteiger partial charge in [0, 0.05) is 48.9 Å². The van der Waals surface area contributed by atoms with Gasteiger partial charge in [-0.3, -0.25) is 29.3 Å². The van der Waals surface area contributed by atoms with Gasteiger partial charge in [-0.15, -0.1) is 0 Å². The summed E-state index contributed by atoms with van der Waals surface area (Å²) in [4.78, 5) is 67.3. The number of ether oxygens (including phenoxy) is 2. The number of hydrogen-bond donors (Lipinski definition) is 0. The summed E-state index contributed by atoms with van der Waals surface area (Å²) in [6.45, 7) is 1.80. The van der Waals surface area contributed by atoms with E-state index in [2.05, 4.69) is 0 Å². The van der Waals surface area contributed by atoms with Crippen molar-refractivity contribution in [2.24, 2.45) is 0 Å². The number of rotatable bonds is 15. The SMILES string of the molecule is CCOC(=O)CN(CCc1ccc([N+](=O)[O-])cc1)C(=O)CC1C(=O)N(CCc2ccc(Cl)cc2Cl)CC(=O)N1CCOC. The highest BCUT2D eigenvalue weighted by molar-refractivity contribution is 6.35. The number of esters is 1. The molecule has 2 aromatic rings. The molecule has 0 aliphatic carbocycles. The highest BCUT2D eigenvalue weighted by Crippen LogP contribution is 2.23. The van der Waals surface area contributed by atoms with Gasteiger partial charge in [-0.2, -0.15) is 0 Å². The monoisotopic (exact) mass is 636 g/mol. The van der Waals surface area contributed by atoms with Gasteiger partial charge in [0.1, 0.15) is 12.6 Å². The van der Waals surface area contributed by atoms with Crippen molar-refractivity contribution >= 4 is 52.6 Å². The quantitative estimate of drug-likeness (QED) is 0.165. The van der Waals surface area contributed by atoms with E-state index in [1.54, 1.807) is 37.3 Å². The second kappa shape index (κ2) is 16.2. The number of nitrogens with zero attached hydrogens (tertiary/aromatic N) is 4. The molecule has 0 radical (unpaired) electrons. The Morgan fingerprint density at radius 3 is 2.44 bits per heavy atom. The summed E-state index contributed by atoms with van der Waals surface area (Å²) in [5.41, 5.74) is 1.40. The van der Waals surface area contributed by atoms with Crippen LogP contribution in [0.2, 0.25) is 10.0 Å². The van der Waals surface area contributed by atoms with Crippen LogP contribution in [-0.4, -0.2) is 102 Å². The zero-order valence-corrected chi connectivity index (χ0v) is 25.5. The standard InChI is InChI=1S/C29H34Cl2N4O8/c1-3-43-28(38)19-32(12-10-20-4-8-23(9-5-20)35(40)41)26(36)17-25-29(39)33(18-27(37)34(25)14-15-42-2)13-11-21-6-7-22(30)16-24(21)31/h4-9,16,25H,3,10-15,17-19H2,1-2H3. The number of methoxy groups -OCH3 is 1. The highest BCUT2D eigenvalue weighted by Gasteiger charge is 2.41. The molecule has 1 saturated heterocycles. The minimum Gasteiger partial charge on any atom is -0.465 e. The lowest BCUT2D eigenvalue weighted by Crippen LogP contribution is -2.61. The summed E-state index contributed by atoms with van der Waals surface area (Å²) in [5.74, 6) is -1.88. The van der Waals surface area contributed by atoms with Crippen molar-refractivity contribution in [3.8, 4) is 0 Å². The molecule has 1 aliphatic heterocycles. The summed E-state index contributed by atoms with van der Waals surface area (Å²) in [6, 6.07) is 9.81. The maximum Gasteiger partial charge on any atom is 0.325 e. The van der Waals surface area contributed by atoms with Crippen LogP contribution in [0.5, 0.6) is 0 Å². The predicted molar refractivity (Wildman–Crippen MR) is 159 cm³/mol. The Balaban J connectivity index is 1.78. The molecule has 3 rings (SSSR count). The third kappa shape index (κ3) is 9.63. The van der Waals surface area contributed by atoms with E-state index >= 15 is 0 Å². The van der Waals surface area contributed by atoms with Crippen LogP contribution in [0.3, 0.4) is 0 Å². The lowest BCUT2D eigenvalue weighted by molar-refractivity contribution is -0.384. The summed E-state index contributed by atoms with van der Waals surface area (Å²) in [6.07, 6.45) is 0.312. The predicted octanol–water partition coefficient (Wildman–Crippen LogP) is 3.15. The first-order chi connectivity index (χ1) is 20.5. The van der Waals surface area contributed by atoms with E-state index in [0.29, 0.717) is 28.5 Å². The molecule has 12 nitrogen and oxygen atoms in total. The second-order valence-corrected chi connectivity index (χ2v) is 10.7. The van der Waals surface area contributed by atoms with E-state index in [9.17, 15) is 29.3 Å². The van der Waals surface area contributed by atoms with Gasteiger partial charge in [-0.05, 0) is 43.0 Å². The van der Waals surface area contributed by atoms with E-state index in [-0.39, 0.29) is 64.0 Å². The van der Waals surface area contributed by atoms with Crippen molar-refractivity contribution in [1.82, 2.24) is 14.7 Å². The molecule has 1 unspecified atom stereocenters. The first kappa shape index (κ1) is 33.8. The topological polar surface area (TPSA) is 140 Å². The maximum absolute atomic E-state index is 13.7. The van der Waals surface area contributed by atoms with Gasteiger partial charge in [0.05, 0.1) is 31.1 Å². The minimum absolute atomic E-state index is 0.0669. The molecule has 1 heterocycles. The molecule has 0 bridgehead atoms. The van der Waals surface area contributed by atoms with Crippen molar-refractivity contribution in [1.29, 1.82) is 0 Å². The van der Waals surface area contributed by atoms with Gasteiger partial charge >= 0.3 is 5.97 Å². The molecule has 1 atom stereocenters. The lowest BCUT2D eigenvalue weighted by Gasteiger charge is -2.40. The lowest BCUT2D eigenvalue weighted by atomic mass is 10.0. The normalized spacial score (nSPS) is 15.0. The Morgan fingerprint density at radius 1 is 1.09 bits per heavy atom. The van der Waals surface area contributed by atoms with Crippen LogP contribution in [0.25, 0.3) is 0 Å². The molecule has 14 heteroatoms. The van der Waals surface area contributed by atoms with Gasteiger partial charge in [-0.25, -0.2) is 0 Å². The van der Waals surface area contributed by atoms with Gasteiger partial charge in [0.15, 0.2) is 0 Å². The molecular formula is C29H34Cl2N4O8. The van der Waals surface area contributed by atoms with Crippen LogP contribution >= 0.6 is 23.2 Å². The summed E-state index contributed by atoms with van der Waals surface area (Å²) in [7, 11) is 1.47. The molecular weight excluding hydrogens is 603 g/mol. The number of non-ortho nitro benzene ring substituents is 1. The fraction of sp³-hybridized carbons (Fsp3) is 0.448. The minimum atomic E-state index is -1.10. The van der Waals surface area contributed by atoms with Crippen LogP contribution in [0.1, 0.15) is 24.5 Å². The molecule has 3 amide bonds. The number of amides is 3. The van der Waals surface area contributed by atoms with E-state index in [1.807, 2.05) is 0 Å². The molecule has 1 fully saturated rings. The number of nitro benzene ring substituents is 1. The third-order valence-electron chi connectivity index (χ3n) is 6.99.